The van der Waals surface area contributed by atoms with E-state index in [2.05, 4.69) is 20.7 Å². The summed E-state index contributed by atoms with van der Waals surface area (Å²) in [6.07, 6.45) is 1.08. The molecule has 0 bridgehead atoms. The highest BCUT2D eigenvalue weighted by molar-refractivity contribution is 9.10. The molecule has 2 aromatic rings. The molecular formula is C23H23BrN2O5. The molecule has 162 valence electrons. The zero-order chi connectivity index (χ0) is 22.2. The SMILES string of the molecule is COC(=O)c1ccc(N2C(=O)C[C@H](N3CCC(O)(c4ccc(Br)cc4)CC3)C2=O)cc1. The maximum absolute atomic E-state index is 13.1. The number of nitrogens with zero attached hydrogens (tertiary/aromatic N) is 2. The Morgan fingerprint density at radius 2 is 1.68 bits per heavy atom. The molecule has 0 aliphatic carbocycles. The fraction of sp³-hybridized carbons (Fsp3) is 0.348. The number of carbonyl (C=O) groups excluding carboxylic acids is 3. The number of carbonyl (C=O) groups is 3. The third-order valence-corrected chi connectivity index (χ3v) is 6.65. The molecule has 31 heavy (non-hydrogen) atoms. The maximum Gasteiger partial charge on any atom is 0.337 e. The van der Waals surface area contributed by atoms with Gasteiger partial charge in [0, 0.05) is 17.6 Å². The van der Waals surface area contributed by atoms with Crippen LogP contribution in [0.2, 0.25) is 0 Å². The Morgan fingerprint density at radius 1 is 1.06 bits per heavy atom. The Labute approximate surface area is 188 Å². The zero-order valence-corrected chi connectivity index (χ0v) is 18.7. The van der Waals surface area contributed by atoms with Crippen molar-refractivity contribution in [2.24, 2.45) is 0 Å². The van der Waals surface area contributed by atoms with Crippen molar-refractivity contribution in [3.63, 3.8) is 0 Å². The summed E-state index contributed by atoms with van der Waals surface area (Å²) in [5.74, 6) is -1.02. The van der Waals surface area contributed by atoms with Crippen molar-refractivity contribution < 1.29 is 24.2 Å². The Bertz CT molecular complexity index is 998. The minimum atomic E-state index is -0.938. The number of benzene rings is 2. The monoisotopic (exact) mass is 486 g/mol. The first-order valence-electron chi connectivity index (χ1n) is 10.1. The van der Waals surface area contributed by atoms with Crippen LogP contribution in [-0.2, 0) is 19.9 Å². The molecule has 2 aromatic carbocycles. The highest BCUT2D eigenvalue weighted by Gasteiger charge is 2.45. The smallest absolute Gasteiger partial charge is 0.337 e. The lowest BCUT2D eigenvalue weighted by Crippen LogP contribution is -2.49. The van der Waals surface area contributed by atoms with E-state index in [1.807, 2.05) is 29.2 Å². The summed E-state index contributed by atoms with van der Waals surface area (Å²) in [5.41, 5.74) is 0.710. The van der Waals surface area contributed by atoms with Gasteiger partial charge in [-0.25, -0.2) is 9.69 Å². The molecule has 1 N–H and O–H groups in total. The van der Waals surface area contributed by atoms with Gasteiger partial charge < -0.3 is 9.84 Å². The van der Waals surface area contributed by atoms with Gasteiger partial charge in [-0.05, 0) is 54.8 Å². The average Bonchev–Trinajstić information content (AvgIpc) is 3.08. The van der Waals surface area contributed by atoms with E-state index in [0.29, 0.717) is 37.2 Å². The first kappa shape index (κ1) is 21.7. The normalized spacial score (nSPS) is 21.4. The van der Waals surface area contributed by atoms with Crippen molar-refractivity contribution in [1.82, 2.24) is 4.90 Å². The quantitative estimate of drug-likeness (QED) is 0.528. The number of rotatable bonds is 4. The number of hydrogen-bond acceptors (Lipinski definition) is 6. The first-order chi connectivity index (χ1) is 14.8. The van der Waals surface area contributed by atoms with E-state index in [1.54, 1.807) is 12.1 Å². The van der Waals surface area contributed by atoms with Crippen molar-refractivity contribution >= 4 is 39.4 Å². The van der Waals surface area contributed by atoms with Crippen molar-refractivity contribution in [2.45, 2.75) is 30.9 Å². The van der Waals surface area contributed by atoms with Gasteiger partial charge in [0.2, 0.25) is 5.91 Å². The molecule has 0 unspecified atom stereocenters. The Morgan fingerprint density at radius 3 is 2.26 bits per heavy atom. The van der Waals surface area contributed by atoms with Crippen LogP contribution in [0.25, 0.3) is 0 Å². The summed E-state index contributed by atoms with van der Waals surface area (Å²) in [7, 11) is 1.30. The van der Waals surface area contributed by atoms with Crippen molar-refractivity contribution in [2.75, 3.05) is 25.1 Å². The summed E-state index contributed by atoms with van der Waals surface area (Å²) < 4.78 is 5.63. The predicted molar refractivity (Wildman–Crippen MR) is 118 cm³/mol. The third kappa shape index (κ3) is 4.15. The van der Waals surface area contributed by atoms with E-state index < -0.39 is 17.6 Å². The van der Waals surface area contributed by atoms with Crippen LogP contribution in [0.3, 0.4) is 0 Å². The summed E-state index contributed by atoms with van der Waals surface area (Å²) in [5, 5.41) is 11.1. The van der Waals surface area contributed by atoms with Crippen LogP contribution in [0.5, 0.6) is 0 Å². The number of anilines is 1. The second-order valence-corrected chi connectivity index (χ2v) is 8.82. The van der Waals surface area contributed by atoms with Crippen LogP contribution >= 0.6 is 15.9 Å². The van der Waals surface area contributed by atoms with Gasteiger partial charge in [0.05, 0.1) is 36.4 Å². The molecule has 4 rings (SSSR count). The van der Waals surface area contributed by atoms with Gasteiger partial charge in [0.1, 0.15) is 0 Å². The third-order valence-electron chi connectivity index (χ3n) is 6.12. The Kier molecular flexibility index (Phi) is 5.96. The van der Waals surface area contributed by atoms with Crippen molar-refractivity contribution in [1.29, 1.82) is 0 Å². The van der Waals surface area contributed by atoms with Gasteiger partial charge in [-0.1, -0.05) is 28.1 Å². The molecule has 2 fully saturated rings. The van der Waals surface area contributed by atoms with Gasteiger partial charge in [0.25, 0.3) is 5.91 Å². The van der Waals surface area contributed by atoms with E-state index in [-0.39, 0.29) is 18.2 Å². The number of likely N-dealkylation sites (tertiary alicyclic amines) is 1. The molecule has 2 saturated heterocycles. The van der Waals surface area contributed by atoms with Gasteiger partial charge >= 0.3 is 5.97 Å². The number of imide groups is 1. The molecule has 2 heterocycles. The summed E-state index contributed by atoms with van der Waals surface area (Å²) in [4.78, 5) is 40.5. The molecule has 0 spiro atoms. The molecule has 0 radical (unpaired) electrons. The maximum atomic E-state index is 13.1. The van der Waals surface area contributed by atoms with E-state index in [1.165, 1.54) is 24.1 Å². The number of halogens is 1. The molecule has 2 aliphatic rings. The van der Waals surface area contributed by atoms with Crippen LogP contribution in [0.15, 0.2) is 53.0 Å². The molecule has 1 atom stereocenters. The number of piperidine rings is 1. The predicted octanol–water partition coefficient (Wildman–Crippen LogP) is 2.85. The van der Waals surface area contributed by atoms with Gasteiger partial charge in [0.15, 0.2) is 0 Å². The average molecular weight is 487 g/mol. The van der Waals surface area contributed by atoms with Crippen molar-refractivity contribution in [3.05, 3.63) is 64.1 Å². The van der Waals surface area contributed by atoms with E-state index in [9.17, 15) is 19.5 Å². The number of esters is 1. The second kappa shape index (κ2) is 8.53. The summed E-state index contributed by atoms with van der Waals surface area (Å²) in [6.45, 7) is 1.04. The highest BCUT2D eigenvalue weighted by atomic mass is 79.9. The van der Waals surface area contributed by atoms with E-state index in [0.717, 1.165) is 10.0 Å². The standard InChI is InChI=1S/C23H23BrN2O5/c1-31-22(29)15-2-8-18(9-3-15)26-20(27)14-19(21(26)28)25-12-10-23(30,11-13-25)16-4-6-17(24)7-5-16/h2-9,19,30H,10-14H2,1H3/t19-/m0/s1. The molecule has 8 heteroatoms. The molecular weight excluding hydrogens is 464 g/mol. The second-order valence-electron chi connectivity index (χ2n) is 7.90. The number of aliphatic hydroxyl groups is 1. The van der Waals surface area contributed by atoms with Gasteiger partial charge in [-0.2, -0.15) is 0 Å². The fourth-order valence-electron chi connectivity index (χ4n) is 4.29. The minimum Gasteiger partial charge on any atom is -0.465 e. The van der Waals surface area contributed by atoms with Crippen molar-refractivity contribution in [3.8, 4) is 0 Å². The van der Waals surface area contributed by atoms with Crippen LogP contribution < -0.4 is 4.90 Å². The number of ether oxygens (including phenoxy) is 1. The van der Waals surface area contributed by atoms with Crippen LogP contribution in [0, 0.1) is 0 Å². The molecule has 2 aliphatic heterocycles. The Balaban J connectivity index is 1.45. The number of hydrogen-bond donors (Lipinski definition) is 1. The Hall–Kier alpha value is -2.55. The lowest BCUT2D eigenvalue weighted by atomic mass is 9.84. The van der Waals surface area contributed by atoms with E-state index >= 15 is 0 Å². The molecule has 0 saturated carbocycles. The number of amides is 2. The first-order valence-corrected chi connectivity index (χ1v) is 10.9. The zero-order valence-electron chi connectivity index (χ0n) is 17.1. The number of methoxy groups -OCH3 is 1. The van der Waals surface area contributed by atoms with Gasteiger partial charge in [-0.15, -0.1) is 0 Å². The highest BCUT2D eigenvalue weighted by Crippen LogP contribution is 2.36. The molecule has 2 amide bonds. The van der Waals surface area contributed by atoms with E-state index in [4.69, 9.17) is 0 Å². The topological polar surface area (TPSA) is 87.2 Å². The van der Waals surface area contributed by atoms with Crippen LogP contribution in [0.4, 0.5) is 5.69 Å². The summed E-state index contributed by atoms with van der Waals surface area (Å²) >= 11 is 3.41. The largest absolute Gasteiger partial charge is 0.465 e. The lowest BCUT2D eigenvalue weighted by molar-refractivity contribution is -0.124. The van der Waals surface area contributed by atoms with Crippen LogP contribution in [0.1, 0.15) is 35.2 Å². The van der Waals surface area contributed by atoms with Gasteiger partial charge in [-0.3, -0.25) is 14.5 Å². The molecule has 7 nitrogen and oxygen atoms in total. The van der Waals surface area contributed by atoms with Crippen LogP contribution in [-0.4, -0.2) is 54.0 Å². The molecule has 0 aromatic heterocycles. The minimum absolute atomic E-state index is 0.105. The lowest BCUT2D eigenvalue weighted by Gasteiger charge is -2.40. The fourth-order valence-corrected chi connectivity index (χ4v) is 4.56. The summed E-state index contributed by atoms with van der Waals surface area (Å²) in [6, 6.07) is 13.3.